The van der Waals surface area contributed by atoms with Crippen molar-refractivity contribution in [1.82, 2.24) is 0 Å². The molecule has 0 saturated carbocycles. The Kier molecular flexibility index (Phi) is 5.74. The van der Waals surface area contributed by atoms with E-state index in [4.69, 9.17) is 5.11 Å². The fourth-order valence-electron chi connectivity index (χ4n) is 2.10. The third-order valence-corrected chi connectivity index (χ3v) is 3.33. The molecule has 1 rings (SSSR count). The lowest BCUT2D eigenvalue weighted by atomic mass is 9.99. The van der Waals surface area contributed by atoms with Crippen LogP contribution in [-0.2, 0) is 9.59 Å². The molecule has 0 saturated heterocycles. The predicted molar refractivity (Wildman–Crippen MR) is 80.0 cm³/mol. The number of rotatable bonds is 6. The molecule has 0 aliphatic heterocycles. The smallest absolute Gasteiger partial charge is 0.308 e. The number of nitrogens with zero attached hydrogens (tertiary/aromatic N) is 1. The van der Waals surface area contributed by atoms with Gasteiger partial charge in [-0.15, -0.1) is 0 Å². The monoisotopic (exact) mass is 277 g/mol. The maximum Gasteiger partial charge on any atom is 0.308 e. The normalized spacial score (nSPS) is 12.2. The quantitative estimate of drug-likeness (QED) is 0.868. The van der Waals surface area contributed by atoms with E-state index in [2.05, 4.69) is 13.8 Å². The van der Waals surface area contributed by atoms with Crippen molar-refractivity contribution in [2.24, 2.45) is 5.92 Å². The van der Waals surface area contributed by atoms with E-state index in [1.54, 1.807) is 18.7 Å². The van der Waals surface area contributed by atoms with Gasteiger partial charge in [-0.2, -0.15) is 0 Å². The highest BCUT2D eigenvalue weighted by atomic mass is 16.4. The number of para-hydroxylation sites is 1. The molecule has 1 aromatic rings. The summed E-state index contributed by atoms with van der Waals surface area (Å²) >= 11 is 0. The van der Waals surface area contributed by atoms with Gasteiger partial charge in [0.05, 0.1) is 5.92 Å². The first kappa shape index (κ1) is 16.2. The van der Waals surface area contributed by atoms with Crippen molar-refractivity contribution >= 4 is 17.6 Å². The number of carbonyl (C=O) groups is 2. The van der Waals surface area contributed by atoms with Gasteiger partial charge in [-0.25, -0.2) is 0 Å². The van der Waals surface area contributed by atoms with Gasteiger partial charge in [0.15, 0.2) is 0 Å². The maximum atomic E-state index is 12.2. The second kappa shape index (κ2) is 7.08. The molecule has 0 aromatic heterocycles. The van der Waals surface area contributed by atoms with Crippen LogP contribution in [0.4, 0.5) is 5.69 Å². The lowest BCUT2D eigenvalue weighted by Crippen LogP contribution is -2.37. The zero-order chi connectivity index (χ0) is 15.3. The van der Waals surface area contributed by atoms with E-state index in [0.29, 0.717) is 6.42 Å². The second-order valence-electron chi connectivity index (χ2n) is 5.31. The van der Waals surface area contributed by atoms with Gasteiger partial charge >= 0.3 is 5.97 Å². The van der Waals surface area contributed by atoms with Crippen LogP contribution < -0.4 is 4.90 Å². The van der Waals surface area contributed by atoms with Gasteiger partial charge in [-0.1, -0.05) is 45.9 Å². The SMILES string of the molecule is CCC(=O)N(CC(C)C(=O)O)c1ccccc1C(C)C. The zero-order valence-electron chi connectivity index (χ0n) is 12.6. The molecule has 0 spiro atoms. The van der Waals surface area contributed by atoms with Crippen LogP contribution in [-0.4, -0.2) is 23.5 Å². The summed E-state index contributed by atoms with van der Waals surface area (Å²) in [5.41, 5.74) is 1.88. The van der Waals surface area contributed by atoms with E-state index in [1.165, 1.54) is 0 Å². The average molecular weight is 277 g/mol. The molecule has 0 aliphatic rings. The number of amides is 1. The molecule has 4 nitrogen and oxygen atoms in total. The first-order valence-corrected chi connectivity index (χ1v) is 7.00. The second-order valence-corrected chi connectivity index (χ2v) is 5.31. The van der Waals surface area contributed by atoms with Crippen LogP contribution in [0.2, 0.25) is 0 Å². The number of hydrogen-bond acceptors (Lipinski definition) is 2. The summed E-state index contributed by atoms with van der Waals surface area (Å²) in [6.07, 6.45) is 0.360. The van der Waals surface area contributed by atoms with Gasteiger partial charge < -0.3 is 10.0 Å². The number of anilines is 1. The van der Waals surface area contributed by atoms with Crippen LogP contribution in [0.1, 0.15) is 45.6 Å². The summed E-state index contributed by atoms with van der Waals surface area (Å²) in [4.78, 5) is 24.8. The van der Waals surface area contributed by atoms with Gasteiger partial charge in [0.1, 0.15) is 0 Å². The molecule has 1 unspecified atom stereocenters. The number of carbonyl (C=O) groups excluding carboxylic acids is 1. The van der Waals surface area contributed by atoms with E-state index in [1.807, 2.05) is 24.3 Å². The predicted octanol–water partition coefficient (Wildman–Crippen LogP) is 3.27. The van der Waals surface area contributed by atoms with Crippen LogP contribution in [0.15, 0.2) is 24.3 Å². The largest absolute Gasteiger partial charge is 0.481 e. The van der Waals surface area contributed by atoms with Crippen molar-refractivity contribution in [3.8, 4) is 0 Å². The van der Waals surface area contributed by atoms with Gasteiger partial charge in [0.2, 0.25) is 5.91 Å². The molecule has 1 aromatic carbocycles. The molecule has 0 fully saturated rings. The molecular formula is C16H23NO3. The third-order valence-electron chi connectivity index (χ3n) is 3.33. The fraction of sp³-hybridized carbons (Fsp3) is 0.500. The Hall–Kier alpha value is -1.84. The summed E-state index contributed by atoms with van der Waals surface area (Å²) in [6.45, 7) is 7.74. The Balaban J connectivity index is 3.17. The van der Waals surface area contributed by atoms with Crippen molar-refractivity contribution < 1.29 is 14.7 Å². The molecule has 0 heterocycles. The molecule has 110 valence electrons. The molecule has 0 bridgehead atoms. The van der Waals surface area contributed by atoms with Crippen molar-refractivity contribution in [2.45, 2.75) is 40.0 Å². The number of hydrogen-bond donors (Lipinski definition) is 1. The summed E-state index contributed by atoms with van der Waals surface area (Å²) < 4.78 is 0. The first-order chi connectivity index (χ1) is 9.38. The van der Waals surface area contributed by atoms with E-state index in [9.17, 15) is 9.59 Å². The Bertz CT molecular complexity index is 482. The lowest BCUT2D eigenvalue weighted by Gasteiger charge is -2.27. The highest BCUT2D eigenvalue weighted by Crippen LogP contribution is 2.28. The minimum atomic E-state index is -0.888. The van der Waals surface area contributed by atoms with Crippen LogP contribution in [0.5, 0.6) is 0 Å². The van der Waals surface area contributed by atoms with Crippen LogP contribution >= 0.6 is 0 Å². The molecule has 0 aliphatic carbocycles. The van der Waals surface area contributed by atoms with Crippen LogP contribution in [0.3, 0.4) is 0 Å². The minimum absolute atomic E-state index is 0.0498. The van der Waals surface area contributed by atoms with Crippen LogP contribution in [0, 0.1) is 5.92 Å². The highest BCUT2D eigenvalue weighted by Gasteiger charge is 2.23. The third kappa shape index (κ3) is 3.83. The van der Waals surface area contributed by atoms with Crippen LogP contribution in [0.25, 0.3) is 0 Å². The van der Waals surface area contributed by atoms with Gasteiger partial charge in [-0.3, -0.25) is 9.59 Å². The molecule has 1 amide bonds. The summed E-state index contributed by atoms with van der Waals surface area (Å²) in [5.74, 6) is -1.25. The van der Waals surface area contributed by atoms with Gasteiger partial charge in [-0.05, 0) is 17.5 Å². The number of aliphatic carboxylic acids is 1. The zero-order valence-corrected chi connectivity index (χ0v) is 12.6. The standard InChI is InChI=1S/C16H23NO3/c1-5-15(18)17(10-12(4)16(19)20)14-9-7-6-8-13(14)11(2)3/h6-9,11-12H,5,10H2,1-4H3,(H,19,20). The number of benzene rings is 1. The molecule has 0 radical (unpaired) electrons. The molecule has 1 atom stereocenters. The van der Waals surface area contributed by atoms with Crippen molar-refractivity contribution in [2.75, 3.05) is 11.4 Å². The number of carboxylic acids is 1. The summed E-state index contributed by atoms with van der Waals surface area (Å²) in [6, 6.07) is 7.69. The Morgan fingerprint density at radius 1 is 1.20 bits per heavy atom. The average Bonchev–Trinajstić information content (AvgIpc) is 2.43. The van der Waals surface area contributed by atoms with Crippen molar-refractivity contribution in [1.29, 1.82) is 0 Å². The minimum Gasteiger partial charge on any atom is -0.481 e. The molecule has 4 heteroatoms. The van der Waals surface area contributed by atoms with Gasteiger partial charge in [0, 0.05) is 18.7 Å². The fourth-order valence-corrected chi connectivity index (χ4v) is 2.10. The van der Waals surface area contributed by atoms with Crippen molar-refractivity contribution in [3.05, 3.63) is 29.8 Å². The van der Waals surface area contributed by atoms with E-state index in [-0.39, 0.29) is 18.4 Å². The summed E-state index contributed by atoms with van der Waals surface area (Å²) in [7, 11) is 0. The number of carboxylic acid groups (broad SMARTS) is 1. The molecule has 20 heavy (non-hydrogen) atoms. The topological polar surface area (TPSA) is 57.6 Å². The lowest BCUT2D eigenvalue weighted by molar-refractivity contribution is -0.140. The summed E-state index contributed by atoms with van der Waals surface area (Å²) in [5, 5.41) is 9.07. The van der Waals surface area contributed by atoms with E-state index < -0.39 is 11.9 Å². The molecule has 1 N–H and O–H groups in total. The Morgan fingerprint density at radius 2 is 1.80 bits per heavy atom. The highest BCUT2D eigenvalue weighted by molar-refractivity contribution is 5.94. The van der Waals surface area contributed by atoms with Crippen molar-refractivity contribution in [3.63, 3.8) is 0 Å². The van der Waals surface area contributed by atoms with E-state index in [0.717, 1.165) is 11.3 Å². The maximum absolute atomic E-state index is 12.2. The van der Waals surface area contributed by atoms with E-state index >= 15 is 0 Å². The molecular weight excluding hydrogens is 254 g/mol. The first-order valence-electron chi connectivity index (χ1n) is 7.00. The van der Waals surface area contributed by atoms with Gasteiger partial charge in [0.25, 0.3) is 0 Å². The Morgan fingerprint density at radius 3 is 2.30 bits per heavy atom. The Labute approximate surface area is 120 Å².